The normalized spacial score (nSPS) is 16.6. The van der Waals surface area contributed by atoms with Crippen LogP contribution in [0.4, 0.5) is 0 Å². The van der Waals surface area contributed by atoms with Crippen molar-refractivity contribution in [3.8, 4) is 0 Å². The lowest BCUT2D eigenvalue weighted by atomic mass is 9.93. The largest absolute Gasteiger partial charge is 0.370 e. The zero-order valence-electron chi connectivity index (χ0n) is 10.6. The number of nitrogens with one attached hydrogen (secondary N) is 2. The molecule has 4 nitrogen and oxygen atoms in total. The molecule has 4 N–H and O–H groups in total. The third kappa shape index (κ3) is 2.92. The fraction of sp³-hybridized carbons (Fsp3) is 0.357. The molecule has 0 atom stereocenters. The van der Waals surface area contributed by atoms with E-state index in [0.29, 0.717) is 18.5 Å². The van der Waals surface area contributed by atoms with E-state index in [9.17, 15) is 0 Å². The second-order valence-corrected chi connectivity index (χ2v) is 5.92. The van der Waals surface area contributed by atoms with Crippen molar-refractivity contribution >= 4 is 32.8 Å². The fourth-order valence-electron chi connectivity index (χ4n) is 2.23. The first kappa shape index (κ1) is 12.5. The standard InChI is InChI=1S/C14H17BrN4/c15-10-4-5-13-9(6-10)7-12(18-13)8-17-14(16)19-11-2-1-3-11/h4-7,11,18H,1-3,8H2,(H3,16,17,19). The molecule has 0 saturated heterocycles. The van der Waals surface area contributed by atoms with Crippen LogP contribution in [0.15, 0.2) is 33.7 Å². The van der Waals surface area contributed by atoms with Gasteiger partial charge in [0, 0.05) is 27.1 Å². The number of nitrogens with zero attached hydrogens (tertiary/aromatic N) is 1. The lowest BCUT2D eigenvalue weighted by Gasteiger charge is -2.26. The topological polar surface area (TPSA) is 66.2 Å². The number of hydrogen-bond donors (Lipinski definition) is 3. The SMILES string of the molecule is NC(=NCc1cc2cc(Br)ccc2[nH]1)NC1CCC1. The maximum absolute atomic E-state index is 5.87. The minimum absolute atomic E-state index is 0.530. The number of guanidine groups is 1. The van der Waals surface area contributed by atoms with Crippen LogP contribution in [-0.4, -0.2) is 17.0 Å². The first-order valence-electron chi connectivity index (χ1n) is 6.54. The van der Waals surface area contributed by atoms with Crippen LogP contribution in [0.1, 0.15) is 25.0 Å². The molecule has 1 heterocycles. The number of rotatable bonds is 3. The molecule has 0 spiro atoms. The smallest absolute Gasteiger partial charge is 0.189 e. The zero-order valence-corrected chi connectivity index (χ0v) is 12.2. The van der Waals surface area contributed by atoms with Gasteiger partial charge in [0.1, 0.15) is 0 Å². The van der Waals surface area contributed by atoms with Gasteiger partial charge in [-0.2, -0.15) is 0 Å². The van der Waals surface area contributed by atoms with Crippen molar-refractivity contribution in [1.29, 1.82) is 0 Å². The van der Waals surface area contributed by atoms with E-state index in [2.05, 4.69) is 49.4 Å². The Morgan fingerprint density at radius 3 is 3.00 bits per heavy atom. The molecule has 1 fully saturated rings. The van der Waals surface area contributed by atoms with E-state index in [-0.39, 0.29) is 0 Å². The van der Waals surface area contributed by atoms with Gasteiger partial charge in [0.15, 0.2) is 5.96 Å². The summed E-state index contributed by atoms with van der Waals surface area (Å²) in [6.07, 6.45) is 3.70. The van der Waals surface area contributed by atoms with Gasteiger partial charge in [0.05, 0.1) is 6.54 Å². The van der Waals surface area contributed by atoms with Crippen LogP contribution < -0.4 is 11.1 Å². The van der Waals surface area contributed by atoms with Crippen molar-refractivity contribution in [1.82, 2.24) is 10.3 Å². The van der Waals surface area contributed by atoms with Gasteiger partial charge in [0.2, 0.25) is 0 Å². The molecule has 1 aliphatic carbocycles. The van der Waals surface area contributed by atoms with Crippen molar-refractivity contribution in [2.75, 3.05) is 0 Å². The monoisotopic (exact) mass is 320 g/mol. The van der Waals surface area contributed by atoms with Crippen LogP contribution in [0, 0.1) is 0 Å². The number of benzene rings is 1. The van der Waals surface area contributed by atoms with Gasteiger partial charge in [-0.3, -0.25) is 0 Å². The molecule has 3 rings (SSSR count). The second kappa shape index (κ2) is 5.25. The van der Waals surface area contributed by atoms with E-state index in [1.54, 1.807) is 0 Å². The summed E-state index contributed by atoms with van der Waals surface area (Å²) in [6, 6.07) is 8.82. The maximum Gasteiger partial charge on any atom is 0.189 e. The highest BCUT2D eigenvalue weighted by Gasteiger charge is 2.17. The van der Waals surface area contributed by atoms with Gasteiger partial charge in [-0.25, -0.2) is 4.99 Å². The van der Waals surface area contributed by atoms with Gasteiger partial charge in [-0.1, -0.05) is 15.9 Å². The molecule has 100 valence electrons. The molecule has 1 aromatic heterocycles. The van der Waals surface area contributed by atoms with Crippen molar-refractivity contribution in [3.63, 3.8) is 0 Å². The van der Waals surface area contributed by atoms with E-state index in [0.717, 1.165) is 15.7 Å². The highest BCUT2D eigenvalue weighted by Crippen LogP contribution is 2.21. The molecular weight excluding hydrogens is 304 g/mol. The van der Waals surface area contributed by atoms with Gasteiger partial charge < -0.3 is 16.0 Å². The van der Waals surface area contributed by atoms with Gasteiger partial charge >= 0.3 is 0 Å². The Hall–Kier alpha value is -1.49. The first-order chi connectivity index (χ1) is 9.20. The summed E-state index contributed by atoms with van der Waals surface area (Å²) in [4.78, 5) is 7.72. The van der Waals surface area contributed by atoms with Crippen LogP contribution in [0.3, 0.4) is 0 Å². The van der Waals surface area contributed by atoms with Crippen LogP contribution >= 0.6 is 15.9 Å². The number of hydrogen-bond acceptors (Lipinski definition) is 1. The van der Waals surface area contributed by atoms with Gasteiger partial charge in [0.25, 0.3) is 0 Å². The van der Waals surface area contributed by atoms with E-state index in [1.807, 2.05) is 6.07 Å². The van der Waals surface area contributed by atoms with Crippen molar-refractivity contribution in [3.05, 3.63) is 34.4 Å². The quantitative estimate of drug-likeness (QED) is 0.601. The lowest BCUT2D eigenvalue weighted by Crippen LogP contribution is -2.43. The molecule has 0 amide bonds. The summed E-state index contributed by atoms with van der Waals surface area (Å²) in [5, 5.41) is 4.42. The predicted octanol–water partition coefficient (Wildman–Crippen LogP) is 2.89. The summed E-state index contributed by atoms with van der Waals surface area (Å²) >= 11 is 3.47. The summed E-state index contributed by atoms with van der Waals surface area (Å²) in [6.45, 7) is 0.581. The summed E-state index contributed by atoms with van der Waals surface area (Å²) < 4.78 is 1.08. The average Bonchev–Trinajstić information content (AvgIpc) is 2.73. The third-order valence-electron chi connectivity index (χ3n) is 3.52. The van der Waals surface area contributed by atoms with E-state index < -0.39 is 0 Å². The highest BCUT2D eigenvalue weighted by atomic mass is 79.9. The van der Waals surface area contributed by atoms with Crippen molar-refractivity contribution in [2.24, 2.45) is 10.7 Å². The Morgan fingerprint density at radius 2 is 2.26 bits per heavy atom. The Balaban J connectivity index is 1.68. The van der Waals surface area contributed by atoms with Crippen molar-refractivity contribution in [2.45, 2.75) is 31.8 Å². The fourth-order valence-corrected chi connectivity index (χ4v) is 2.61. The van der Waals surface area contributed by atoms with Crippen molar-refractivity contribution < 1.29 is 0 Å². The molecular formula is C14H17BrN4. The molecule has 0 radical (unpaired) electrons. The molecule has 1 saturated carbocycles. The van der Waals surface area contributed by atoms with Crippen LogP contribution in [0.25, 0.3) is 10.9 Å². The molecule has 1 aromatic carbocycles. The molecule has 0 aliphatic heterocycles. The Kier molecular flexibility index (Phi) is 3.46. The molecule has 5 heteroatoms. The summed E-state index contributed by atoms with van der Waals surface area (Å²) in [5.41, 5.74) is 8.07. The minimum atomic E-state index is 0.530. The number of halogens is 1. The van der Waals surface area contributed by atoms with Crippen LogP contribution in [0.5, 0.6) is 0 Å². The molecule has 19 heavy (non-hydrogen) atoms. The number of aromatic amines is 1. The summed E-state index contributed by atoms with van der Waals surface area (Å²) in [5.74, 6) is 0.546. The second-order valence-electron chi connectivity index (χ2n) is 5.00. The van der Waals surface area contributed by atoms with Gasteiger partial charge in [-0.05, 0) is 43.5 Å². The average molecular weight is 321 g/mol. The van der Waals surface area contributed by atoms with E-state index >= 15 is 0 Å². The number of nitrogens with two attached hydrogens (primary N) is 1. The summed E-state index contributed by atoms with van der Waals surface area (Å²) in [7, 11) is 0. The molecule has 2 aromatic rings. The molecule has 0 unspecified atom stereocenters. The lowest BCUT2D eigenvalue weighted by molar-refractivity contribution is 0.382. The third-order valence-corrected chi connectivity index (χ3v) is 4.01. The molecule has 1 aliphatic rings. The Bertz CT molecular complexity index is 613. The number of H-pyrrole nitrogens is 1. The minimum Gasteiger partial charge on any atom is -0.370 e. The first-order valence-corrected chi connectivity index (χ1v) is 7.33. The highest BCUT2D eigenvalue weighted by molar-refractivity contribution is 9.10. The Morgan fingerprint density at radius 1 is 1.42 bits per heavy atom. The van der Waals surface area contributed by atoms with Crippen LogP contribution in [0.2, 0.25) is 0 Å². The predicted molar refractivity (Wildman–Crippen MR) is 82.1 cm³/mol. The number of aromatic nitrogens is 1. The molecule has 0 bridgehead atoms. The Labute approximate surface area is 120 Å². The van der Waals surface area contributed by atoms with Gasteiger partial charge in [-0.15, -0.1) is 0 Å². The number of fused-ring (bicyclic) bond motifs is 1. The van der Waals surface area contributed by atoms with E-state index in [1.165, 1.54) is 24.6 Å². The maximum atomic E-state index is 5.87. The van der Waals surface area contributed by atoms with Crippen LogP contribution in [-0.2, 0) is 6.54 Å². The number of aliphatic imine (C=N–C) groups is 1. The van der Waals surface area contributed by atoms with E-state index in [4.69, 9.17) is 5.73 Å². The zero-order chi connectivity index (χ0) is 13.2.